The lowest BCUT2D eigenvalue weighted by atomic mass is 10.2. The summed E-state index contributed by atoms with van der Waals surface area (Å²) in [5, 5.41) is 14.2. The van der Waals surface area contributed by atoms with Crippen LogP contribution < -0.4 is 5.32 Å². The predicted molar refractivity (Wildman–Crippen MR) is 67.6 cm³/mol. The van der Waals surface area contributed by atoms with Crippen LogP contribution in [0.25, 0.3) is 0 Å². The van der Waals surface area contributed by atoms with Gasteiger partial charge in [-0.15, -0.1) is 11.3 Å². The van der Waals surface area contributed by atoms with Crippen LogP contribution in [0, 0.1) is 0 Å². The summed E-state index contributed by atoms with van der Waals surface area (Å²) < 4.78 is 0. The number of carbonyl (C=O) groups is 1. The van der Waals surface area contributed by atoms with Crippen LogP contribution in [0.4, 0.5) is 5.69 Å². The first-order chi connectivity index (χ1) is 8.18. The van der Waals surface area contributed by atoms with Gasteiger partial charge in [0, 0.05) is 11.1 Å². The molecule has 2 aromatic rings. The number of thiophene rings is 1. The van der Waals surface area contributed by atoms with Crippen molar-refractivity contribution < 1.29 is 9.90 Å². The van der Waals surface area contributed by atoms with Crippen molar-refractivity contribution in [3.63, 3.8) is 0 Å². The second-order valence-electron chi connectivity index (χ2n) is 3.59. The van der Waals surface area contributed by atoms with Gasteiger partial charge in [-0.05, 0) is 30.5 Å². The van der Waals surface area contributed by atoms with Crippen molar-refractivity contribution in [2.24, 2.45) is 0 Å². The minimum Gasteiger partial charge on any atom is -0.476 e. The number of hydrogen-bond acceptors (Lipinski definition) is 4. The van der Waals surface area contributed by atoms with Crippen molar-refractivity contribution in [2.45, 2.75) is 13.0 Å². The third kappa shape index (κ3) is 2.62. The largest absolute Gasteiger partial charge is 0.476 e. The highest BCUT2D eigenvalue weighted by Gasteiger charge is 2.13. The van der Waals surface area contributed by atoms with E-state index in [1.807, 2.05) is 24.4 Å². The first-order valence-electron chi connectivity index (χ1n) is 5.16. The van der Waals surface area contributed by atoms with Gasteiger partial charge in [-0.3, -0.25) is 0 Å². The van der Waals surface area contributed by atoms with Crippen LogP contribution in [0.3, 0.4) is 0 Å². The van der Waals surface area contributed by atoms with E-state index in [0.717, 1.165) is 4.88 Å². The van der Waals surface area contributed by atoms with Crippen LogP contribution in [-0.4, -0.2) is 16.1 Å². The molecule has 0 fully saturated rings. The molecule has 0 saturated heterocycles. The van der Waals surface area contributed by atoms with Crippen molar-refractivity contribution in [2.75, 3.05) is 5.32 Å². The number of anilines is 1. The highest BCUT2D eigenvalue weighted by atomic mass is 32.1. The molecule has 0 radical (unpaired) electrons. The van der Waals surface area contributed by atoms with Crippen LogP contribution in [0.5, 0.6) is 0 Å². The number of pyridine rings is 1. The molecule has 2 aromatic heterocycles. The minimum atomic E-state index is -1.02. The van der Waals surface area contributed by atoms with Gasteiger partial charge in [-0.1, -0.05) is 6.07 Å². The van der Waals surface area contributed by atoms with Gasteiger partial charge in [-0.25, -0.2) is 9.78 Å². The van der Waals surface area contributed by atoms with Gasteiger partial charge in [0.05, 0.1) is 11.7 Å². The number of rotatable bonds is 4. The molecule has 2 heterocycles. The third-order valence-corrected chi connectivity index (χ3v) is 3.41. The second-order valence-corrected chi connectivity index (χ2v) is 4.57. The summed E-state index contributed by atoms with van der Waals surface area (Å²) in [5.74, 6) is -1.02. The summed E-state index contributed by atoms with van der Waals surface area (Å²) in [7, 11) is 0. The number of carboxylic acids is 1. The quantitative estimate of drug-likeness (QED) is 0.873. The van der Waals surface area contributed by atoms with E-state index < -0.39 is 5.97 Å². The molecule has 0 bridgehead atoms. The summed E-state index contributed by atoms with van der Waals surface area (Å²) in [6.07, 6.45) is 1.48. The van der Waals surface area contributed by atoms with Crippen LogP contribution in [0.1, 0.15) is 28.3 Å². The fourth-order valence-corrected chi connectivity index (χ4v) is 2.27. The van der Waals surface area contributed by atoms with Crippen molar-refractivity contribution in [1.29, 1.82) is 0 Å². The smallest absolute Gasteiger partial charge is 0.356 e. The molecule has 1 atom stereocenters. The molecular weight excluding hydrogens is 236 g/mol. The summed E-state index contributed by atoms with van der Waals surface area (Å²) in [4.78, 5) is 16.0. The first kappa shape index (κ1) is 11.6. The molecule has 4 nitrogen and oxygen atoms in total. The van der Waals surface area contributed by atoms with E-state index in [2.05, 4.69) is 10.3 Å². The molecule has 0 saturated carbocycles. The van der Waals surface area contributed by atoms with E-state index in [0.29, 0.717) is 5.69 Å². The molecule has 5 heteroatoms. The Hall–Kier alpha value is -1.88. The minimum absolute atomic E-state index is 0.0518. The second kappa shape index (κ2) is 4.97. The molecular formula is C12H12N2O2S. The van der Waals surface area contributed by atoms with Crippen molar-refractivity contribution in [1.82, 2.24) is 4.98 Å². The molecule has 0 aliphatic carbocycles. The Morgan fingerprint density at radius 2 is 2.29 bits per heavy atom. The fourth-order valence-electron chi connectivity index (χ4n) is 1.53. The van der Waals surface area contributed by atoms with Crippen molar-refractivity contribution in [3.05, 3.63) is 46.4 Å². The zero-order valence-electron chi connectivity index (χ0n) is 9.25. The van der Waals surface area contributed by atoms with Gasteiger partial charge in [0.25, 0.3) is 0 Å². The number of aromatic carboxylic acids is 1. The lowest BCUT2D eigenvalue weighted by molar-refractivity contribution is 0.0691. The molecule has 0 aromatic carbocycles. The number of nitrogens with one attached hydrogen (secondary N) is 1. The maximum atomic E-state index is 11.0. The van der Waals surface area contributed by atoms with E-state index in [1.165, 1.54) is 6.20 Å². The van der Waals surface area contributed by atoms with Gasteiger partial charge in [0.1, 0.15) is 0 Å². The van der Waals surface area contributed by atoms with Gasteiger partial charge < -0.3 is 10.4 Å². The zero-order valence-corrected chi connectivity index (χ0v) is 10.1. The summed E-state index contributed by atoms with van der Waals surface area (Å²) in [6.45, 7) is 1.99. The van der Waals surface area contributed by atoms with E-state index in [1.54, 1.807) is 23.5 Å². The zero-order chi connectivity index (χ0) is 12.3. The van der Waals surface area contributed by atoms with Gasteiger partial charge in [-0.2, -0.15) is 0 Å². The Balaban J connectivity index is 2.21. The normalized spacial score (nSPS) is 12.1. The Morgan fingerprint density at radius 1 is 1.47 bits per heavy atom. The van der Waals surface area contributed by atoms with E-state index in [9.17, 15) is 4.79 Å². The highest BCUT2D eigenvalue weighted by molar-refractivity contribution is 7.10. The molecule has 0 spiro atoms. The van der Waals surface area contributed by atoms with E-state index in [4.69, 9.17) is 5.11 Å². The molecule has 0 amide bonds. The molecule has 17 heavy (non-hydrogen) atoms. The maximum Gasteiger partial charge on any atom is 0.356 e. The first-order valence-corrected chi connectivity index (χ1v) is 6.04. The molecule has 88 valence electrons. The lowest BCUT2D eigenvalue weighted by Gasteiger charge is -2.14. The topological polar surface area (TPSA) is 62.2 Å². The fraction of sp³-hybridized carbons (Fsp3) is 0.167. The summed E-state index contributed by atoms with van der Waals surface area (Å²) >= 11 is 1.63. The van der Waals surface area contributed by atoms with Crippen LogP contribution in [0.2, 0.25) is 0 Å². The summed E-state index contributed by atoms with van der Waals surface area (Å²) in [5.41, 5.74) is 0.594. The molecule has 2 N–H and O–H groups in total. The average Bonchev–Trinajstić information content (AvgIpc) is 2.83. The van der Waals surface area contributed by atoms with Crippen molar-refractivity contribution >= 4 is 23.0 Å². The van der Waals surface area contributed by atoms with Gasteiger partial charge in [0.15, 0.2) is 5.69 Å². The monoisotopic (exact) mass is 248 g/mol. The van der Waals surface area contributed by atoms with Crippen LogP contribution in [-0.2, 0) is 0 Å². The standard InChI is InChI=1S/C12H12N2O2S/c1-8(10-5-3-7-17-10)14-9-4-2-6-13-11(9)12(15)16/h2-8,14H,1H3,(H,15,16). The number of aromatic nitrogens is 1. The Kier molecular flexibility index (Phi) is 3.39. The molecule has 2 rings (SSSR count). The highest BCUT2D eigenvalue weighted by Crippen LogP contribution is 2.24. The van der Waals surface area contributed by atoms with Gasteiger partial charge >= 0.3 is 5.97 Å². The van der Waals surface area contributed by atoms with Gasteiger partial charge in [0.2, 0.25) is 0 Å². The number of hydrogen-bond donors (Lipinski definition) is 2. The predicted octanol–water partition coefficient (Wildman–Crippen LogP) is 3.01. The van der Waals surface area contributed by atoms with E-state index in [-0.39, 0.29) is 11.7 Å². The summed E-state index contributed by atoms with van der Waals surface area (Å²) in [6, 6.07) is 7.49. The third-order valence-electron chi connectivity index (χ3n) is 2.35. The van der Waals surface area contributed by atoms with Crippen LogP contribution in [0.15, 0.2) is 35.8 Å². The maximum absolute atomic E-state index is 11.0. The van der Waals surface area contributed by atoms with Crippen LogP contribution >= 0.6 is 11.3 Å². The average molecular weight is 248 g/mol. The number of carboxylic acid groups (broad SMARTS) is 1. The Morgan fingerprint density at radius 3 is 2.94 bits per heavy atom. The van der Waals surface area contributed by atoms with Crippen molar-refractivity contribution in [3.8, 4) is 0 Å². The Bertz CT molecular complexity index is 511. The SMILES string of the molecule is CC(Nc1cccnc1C(=O)O)c1cccs1. The Labute approximate surface area is 103 Å². The van der Waals surface area contributed by atoms with E-state index >= 15 is 0 Å². The molecule has 0 aliphatic rings. The number of nitrogens with zero attached hydrogens (tertiary/aromatic N) is 1. The lowest BCUT2D eigenvalue weighted by Crippen LogP contribution is -2.11. The molecule has 1 unspecified atom stereocenters. The molecule has 0 aliphatic heterocycles.